The first kappa shape index (κ1) is 22.6. The van der Waals surface area contributed by atoms with Crippen molar-refractivity contribution in [2.45, 2.75) is 13.5 Å². The van der Waals surface area contributed by atoms with E-state index in [-0.39, 0.29) is 23.0 Å². The van der Waals surface area contributed by atoms with Crippen LogP contribution in [0.4, 0.5) is 5.69 Å². The van der Waals surface area contributed by atoms with Crippen LogP contribution in [0.2, 0.25) is 0 Å². The molecule has 2 aromatic rings. The number of carbonyl (C=O) groups is 2. The number of hydrogen-bond donors (Lipinski definition) is 2. The molecule has 31 heavy (non-hydrogen) atoms. The highest BCUT2D eigenvalue weighted by molar-refractivity contribution is 14.1. The smallest absolute Gasteiger partial charge is 0.269 e. The fourth-order valence-electron chi connectivity index (χ4n) is 2.76. The van der Waals surface area contributed by atoms with E-state index < -0.39 is 16.7 Å². The lowest BCUT2D eigenvalue weighted by molar-refractivity contribution is -0.384. The highest BCUT2D eigenvalue weighted by Crippen LogP contribution is 2.35. The molecule has 1 aliphatic heterocycles. The van der Waals surface area contributed by atoms with Gasteiger partial charge >= 0.3 is 0 Å². The van der Waals surface area contributed by atoms with Gasteiger partial charge in [0.2, 0.25) is 0 Å². The number of thiocarbonyl (C=S) groups is 1. The van der Waals surface area contributed by atoms with Gasteiger partial charge in [-0.3, -0.25) is 30.3 Å². The van der Waals surface area contributed by atoms with Gasteiger partial charge in [-0.05, 0) is 71.1 Å². The maximum atomic E-state index is 12.1. The predicted octanol–water partition coefficient (Wildman–Crippen LogP) is 3.09. The Morgan fingerprint density at radius 1 is 1.16 bits per heavy atom. The molecule has 160 valence electrons. The molecule has 9 nitrogen and oxygen atoms in total. The van der Waals surface area contributed by atoms with Gasteiger partial charge in [-0.25, -0.2) is 0 Å². The molecule has 3 rings (SSSR count). The van der Waals surface area contributed by atoms with Crippen molar-refractivity contribution in [2.75, 3.05) is 6.61 Å². The molecule has 1 fully saturated rings. The Kier molecular flexibility index (Phi) is 7.17. The number of ether oxygens (including phenoxy) is 2. The molecule has 1 aliphatic rings. The van der Waals surface area contributed by atoms with Gasteiger partial charge in [0.15, 0.2) is 16.6 Å². The minimum Gasteiger partial charge on any atom is -0.490 e. The Labute approximate surface area is 196 Å². The van der Waals surface area contributed by atoms with Crippen molar-refractivity contribution in [3.8, 4) is 11.5 Å². The van der Waals surface area contributed by atoms with E-state index in [1.807, 2.05) is 6.92 Å². The normalized spacial score (nSPS) is 13.4. The second-order valence-corrected chi connectivity index (χ2v) is 7.84. The first-order valence-electron chi connectivity index (χ1n) is 8.99. The van der Waals surface area contributed by atoms with Crippen molar-refractivity contribution in [1.29, 1.82) is 0 Å². The zero-order valence-electron chi connectivity index (χ0n) is 16.1. The average molecular weight is 553 g/mol. The molecule has 0 bridgehead atoms. The second-order valence-electron chi connectivity index (χ2n) is 6.27. The lowest BCUT2D eigenvalue weighted by Gasteiger charge is -2.17. The van der Waals surface area contributed by atoms with Crippen molar-refractivity contribution in [1.82, 2.24) is 10.6 Å². The van der Waals surface area contributed by atoms with E-state index in [2.05, 4.69) is 33.2 Å². The Bertz CT molecular complexity index is 1100. The summed E-state index contributed by atoms with van der Waals surface area (Å²) < 4.78 is 12.2. The summed E-state index contributed by atoms with van der Waals surface area (Å²) in [4.78, 5) is 34.7. The highest BCUT2D eigenvalue weighted by atomic mass is 127. The van der Waals surface area contributed by atoms with E-state index in [4.69, 9.17) is 21.7 Å². The number of nitro benzene ring substituents is 1. The minimum absolute atomic E-state index is 0.0219. The first-order chi connectivity index (χ1) is 14.8. The highest BCUT2D eigenvalue weighted by Gasteiger charge is 2.26. The summed E-state index contributed by atoms with van der Waals surface area (Å²) in [5, 5.41) is 15.7. The van der Waals surface area contributed by atoms with Gasteiger partial charge in [0, 0.05) is 12.1 Å². The number of halogens is 1. The van der Waals surface area contributed by atoms with Crippen LogP contribution in [0, 0.1) is 13.7 Å². The van der Waals surface area contributed by atoms with E-state index in [1.165, 1.54) is 18.2 Å². The van der Waals surface area contributed by atoms with Crippen LogP contribution in [0.15, 0.2) is 42.0 Å². The largest absolute Gasteiger partial charge is 0.490 e. The number of benzene rings is 2. The molecule has 0 spiro atoms. The minimum atomic E-state index is -0.590. The third-order valence-corrected chi connectivity index (χ3v) is 5.10. The van der Waals surface area contributed by atoms with Crippen LogP contribution < -0.4 is 20.1 Å². The molecule has 1 heterocycles. The van der Waals surface area contributed by atoms with Gasteiger partial charge in [-0.1, -0.05) is 12.1 Å². The Balaban J connectivity index is 1.89. The van der Waals surface area contributed by atoms with Gasteiger partial charge in [-0.2, -0.15) is 0 Å². The Morgan fingerprint density at radius 3 is 2.52 bits per heavy atom. The molecule has 11 heteroatoms. The van der Waals surface area contributed by atoms with E-state index in [0.29, 0.717) is 32.8 Å². The third-order valence-electron chi connectivity index (χ3n) is 4.09. The first-order valence-corrected chi connectivity index (χ1v) is 10.5. The molecule has 1 saturated heterocycles. The van der Waals surface area contributed by atoms with Crippen LogP contribution in [0.1, 0.15) is 18.1 Å². The lowest BCUT2D eigenvalue weighted by Crippen LogP contribution is -2.51. The van der Waals surface area contributed by atoms with Crippen LogP contribution in [-0.4, -0.2) is 28.5 Å². The quantitative estimate of drug-likeness (QED) is 0.135. The number of nitrogens with one attached hydrogen (secondary N) is 2. The average Bonchev–Trinajstić information content (AvgIpc) is 2.70. The second kappa shape index (κ2) is 9.83. The number of nitro groups is 1. The number of rotatable bonds is 7. The van der Waals surface area contributed by atoms with Crippen LogP contribution in [-0.2, 0) is 16.2 Å². The molecule has 2 amide bonds. The van der Waals surface area contributed by atoms with Gasteiger partial charge in [0.05, 0.1) is 15.1 Å². The van der Waals surface area contributed by atoms with Crippen LogP contribution in [0.3, 0.4) is 0 Å². The summed E-state index contributed by atoms with van der Waals surface area (Å²) in [5.41, 5.74) is 1.08. The molecule has 0 aliphatic carbocycles. The summed E-state index contributed by atoms with van der Waals surface area (Å²) >= 11 is 6.85. The van der Waals surface area contributed by atoms with Gasteiger partial charge in [-0.15, -0.1) is 0 Å². The molecule has 2 aromatic carbocycles. The van der Waals surface area contributed by atoms with Crippen molar-refractivity contribution in [3.63, 3.8) is 0 Å². The zero-order chi connectivity index (χ0) is 22.5. The molecule has 0 aromatic heterocycles. The van der Waals surface area contributed by atoms with Crippen LogP contribution >= 0.6 is 34.8 Å². The Morgan fingerprint density at radius 2 is 1.87 bits per heavy atom. The lowest BCUT2D eigenvalue weighted by atomic mass is 10.1. The molecule has 0 atom stereocenters. The monoisotopic (exact) mass is 553 g/mol. The van der Waals surface area contributed by atoms with Crippen molar-refractivity contribution in [2.24, 2.45) is 0 Å². The van der Waals surface area contributed by atoms with Crippen LogP contribution in [0.5, 0.6) is 11.5 Å². The van der Waals surface area contributed by atoms with E-state index in [9.17, 15) is 19.7 Å². The molecule has 0 unspecified atom stereocenters. The molecular weight excluding hydrogens is 537 g/mol. The summed E-state index contributed by atoms with van der Waals surface area (Å²) in [6.45, 7) is 2.27. The molecule has 2 N–H and O–H groups in total. The van der Waals surface area contributed by atoms with Crippen molar-refractivity contribution in [3.05, 3.63) is 66.8 Å². The maximum absolute atomic E-state index is 12.1. The third kappa shape index (κ3) is 5.55. The van der Waals surface area contributed by atoms with Gasteiger partial charge < -0.3 is 9.47 Å². The summed E-state index contributed by atoms with van der Waals surface area (Å²) in [6.07, 6.45) is 1.43. The molecular formula is C20H16IN3O6S. The standard InChI is InChI=1S/C20H16IN3O6S/c1-2-29-16-9-12(7-14-18(25)22-20(31)23-19(14)26)8-15(21)17(16)30-10-11-4-3-5-13(6-11)24(27)28/h3-9H,2,10H2,1H3,(H2,22,23,25,26,31). The summed E-state index contributed by atoms with van der Waals surface area (Å²) in [7, 11) is 0. The SMILES string of the molecule is CCOc1cc(C=C2C(=O)NC(=S)NC2=O)cc(I)c1OCc1cccc([N+](=O)[O-])c1. The summed E-state index contributed by atoms with van der Waals surface area (Å²) in [6, 6.07) is 9.54. The topological polar surface area (TPSA) is 120 Å². The van der Waals surface area contributed by atoms with Gasteiger partial charge in [0.25, 0.3) is 17.5 Å². The number of carbonyl (C=O) groups excluding carboxylic acids is 2. The maximum Gasteiger partial charge on any atom is 0.269 e. The van der Waals surface area contributed by atoms with E-state index in [1.54, 1.807) is 24.3 Å². The molecule has 0 saturated carbocycles. The predicted molar refractivity (Wildman–Crippen MR) is 125 cm³/mol. The van der Waals surface area contributed by atoms with Crippen molar-refractivity contribution >= 4 is 63.5 Å². The Hall–Kier alpha value is -3.06. The zero-order valence-corrected chi connectivity index (χ0v) is 19.1. The number of nitrogens with zero attached hydrogens (tertiary/aromatic N) is 1. The van der Waals surface area contributed by atoms with E-state index >= 15 is 0 Å². The fourth-order valence-corrected chi connectivity index (χ4v) is 3.73. The fraction of sp³-hybridized carbons (Fsp3) is 0.150. The number of non-ortho nitro benzene ring substituents is 1. The summed E-state index contributed by atoms with van der Waals surface area (Å²) in [5.74, 6) is -0.311. The van der Waals surface area contributed by atoms with Gasteiger partial charge in [0.1, 0.15) is 12.2 Å². The molecule has 0 radical (unpaired) electrons. The van der Waals surface area contributed by atoms with Crippen molar-refractivity contribution < 1.29 is 24.0 Å². The number of hydrogen-bond acceptors (Lipinski definition) is 7. The van der Waals surface area contributed by atoms with Crippen LogP contribution in [0.25, 0.3) is 6.08 Å². The van der Waals surface area contributed by atoms with E-state index in [0.717, 1.165) is 0 Å². The number of amides is 2.